The van der Waals surface area contributed by atoms with E-state index >= 15 is 0 Å². The zero-order valence-corrected chi connectivity index (χ0v) is 15.0. The Morgan fingerprint density at radius 2 is 2.04 bits per heavy atom. The third kappa shape index (κ3) is 4.79. The fourth-order valence-corrected chi connectivity index (χ4v) is 2.62. The Balaban J connectivity index is 1.53. The lowest BCUT2D eigenvalue weighted by Crippen LogP contribution is -2.28. The second kappa shape index (κ2) is 7.83. The Bertz CT molecular complexity index is 918. The highest BCUT2D eigenvalue weighted by Gasteiger charge is 2.38. The fourth-order valence-electron chi connectivity index (χ4n) is 2.62. The number of carbonyl (C=O) groups excluding carboxylic acids is 2. The van der Waals surface area contributed by atoms with Crippen LogP contribution in [0, 0.1) is 12.3 Å². The molecule has 0 radical (unpaired) electrons. The Hall–Kier alpha value is -3.47. The number of amides is 2. The zero-order chi connectivity index (χ0) is 19.3. The molecule has 1 aromatic carbocycles. The molecule has 0 saturated heterocycles. The van der Waals surface area contributed by atoms with Crippen LogP contribution in [0.15, 0.2) is 46.8 Å². The molecule has 1 aliphatic heterocycles. The summed E-state index contributed by atoms with van der Waals surface area (Å²) in [7, 11) is 1.74. The van der Waals surface area contributed by atoms with Crippen LogP contribution in [0.1, 0.15) is 40.1 Å². The molecule has 138 valence electrons. The van der Waals surface area contributed by atoms with Gasteiger partial charge in [-0.25, -0.2) is 0 Å². The number of nitrogens with one attached hydrogen (secondary N) is 2. The molecule has 0 unspecified atom stereocenters. The molecule has 2 N–H and O–H groups in total. The Morgan fingerprint density at radius 1 is 1.22 bits per heavy atom. The molecule has 0 aliphatic carbocycles. The molecule has 0 fully saturated rings. The molecule has 0 bridgehead atoms. The lowest BCUT2D eigenvalue weighted by Gasteiger charge is -2.10. The van der Waals surface area contributed by atoms with Crippen molar-refractivity contribution in [2.45, 2.75) is 24.9 Å². The number of hydrogen-bond donors (Lipinski definition) is 2. The maximum Gasteiger partial charge on any atom is 0.276 e. The number of carbonyl (C=O) groups is 2. The van der Waals surface area contributed by atoms with Gasteiger partial charge in [-0.1, -0.05) is 6.07 Å². The Morgan fingerprint density at radius 3 is 2.70 bits per heavy atom. The summed E-state index contributed by atoms with van der Waals surface area (Å²) in [5.41, 5.74) is 0.867. The van der Waals surface area contributed by atoms with Gasteiger partial charge in [0.05, 0.1) is 0 Å². The molecular formula is C19H20N6O2. The first kappa shape index (κ1) is 18.3. The van der Waals surface area contributed by atoms with Crippen molar-refractivity contribution < 1.29 is 9.59 Å². The van der Waals surface area contributed by atoms with Gasteiger partial charge in [-0.3, -0.25) is 14.3 Å². The predicted molar refractivity (Wildman–Crippen MR) is 100 cm³/mol. The first-order chi connectivity index (χ1) is 13.0. The molecule has 8 nitrogen and oxygen atoms in total. The van der Waals surface area contributed by atoms with E-state index in [4.69, 9.17) is 6.42 Å². The number of aromatic nitrogens is 2. The second-order valence-corrected chi connectivity index (χ2v) is 6.30. The largest absolute Gasteiger partial charge is 0.352 e. The SMILES string of the molecule is C#CCCC1(CCNC(=O)c2cccc(NC(=O)c3ccn(C)n3)c2)N=N1. The van der Waals surface area contributed by atoms with Gasteiger partial charge in [0, 0.05) is 50.3 Å². The Kier molecular flexibility index (Phi) is 5.31. The zero-order valence-electron chi connectivity index (χ0n) is 15.0. The molecular weight excluding hydrogens is 344 g/mol. The van der Waals surface area contributed by atoms with E-state index in [1.807, 2.05) is 0 Å². The summed E-state index contributed by atoms with van der Waals surface area (Å²) in [6.07, 6.45) is 8.89. The molecule has 0 atom stereocenters. The standard InChI is InChI=1S/C19H20N6O2/c1-3-4-9-19(23-24-19)10-11-20-17(26)14-6-5-7-15(13-14)21-18(27)16-8-12-25(2)22-16/h1,5-8,12-13H,4,9-11H2,2H3,(H,20,26)(H,21,27). The van der Waals surface area contributed by atoms with E-state index in [1.165, 1.54) is 0 Å². The van der Waals surface area contributed by atoms with E-state index in [-0.39, 0.29) is 11.8 Å². The van der Waals surface area contributed by atoms with Crippen molar-refractivity contribution in [3.8, 4) is 12.3 Å². The summed E-state index contributed by atoms with van der Waals surface area (Å²) in [4.78, 5) is 24.5. The fraction of sp³-hybridized carbons (Fsp3) is 0.316. The van der Waals surface area contributed by atoms with Gasteiger partial charge in [-0.05, 0) is 24.3 Å². The van der Waals surface area contributed by atoms with Gasteiger partial charge in [0.1, 0.15) is 0 Å². The summed E-state index contributed by atoms with van der Waals surface area (Å²) in [6.45, 7) is 0.445. The van der Waals surface area contributed by atoms with Crippen molar-refractivity contribution in [2.75, 3.05) is 11.9 Å². The molecule has 0 spiro atoms. The molecule has 1 aliphatic rings. The minimum absolute atomic E-state index is 0.225. The third-order valence-corrected chi connectivity index (χ3v) is 4.19. The summed E-state index contributed by atoms with van der Waals surface area (Å²) in [5, 5.41) is 17.7. The number of terminal acetylenes is 1. The van der Waals surface area contributed by atoms with Crippen LogP contribution in [-0.4, -0.2) is 33.8 Å². The molecule has 2 heterocycles. The van der Waals surface area contributed by atoms with Crippen LogP contribution < -0.4 is 10.6 Å². The number of hydrogen-bond acceptors (Lipinski definition) is 5. The number of benzene rings is 1. The predicted octanol–water partition coefficient (Wildman–Crippen LogP) is 2.37. The van der Waals surface area contributed by atoms with Gasteiger partial charge < -0.3 is 10.6 Å². The quantitative estimate of drug-likeness (QED) is 0.703. The summed E-state index contributed by atoms with van der Waals surface area (Å²) >= 11 is 0. The van der Waals surface area contributed by atoms with Crippen molar-refractivity contribution in [1.82, 2.24) is 15.1 Å². The van der Waals surface area contributed by atoms with Gasteiger partial charge in [0.25, 0.3) is 11.8 Å². The number of rotatable bonds is 8. The van der Waals surface area contributed by atoms with E-state index in [2.05, 4.69) is 31.9 Å². The van der Waals surface area contributed by atoms with Crippen LogP contribution in [0.2, 0.25) is 0 Å². The second-order valence-electron chi connectivity index (χ2n) is 6.30. The highest BCUT2D eigenvalue weighted by atomic mass is 16.2. The highest BCUT2D eigenvalue weighted by molar-refractivity contribution is 6.03. The van der Waals surface area contributed by atoms with Gasteiger partial charge in [-0.2, -0.15) is 15.3 Å². The van der Waals surface area contributed by atoms with Crippen LogP contribution in [-0.2, 0) is 7.05 Å². The number of anilines is 1. The maximum absolute atomic E-state index is 12.3. The average Bonchev–Trinajstić information content (AvgIpc) is 3.30. The van der Waals surface area contributed by atoms with Crippen molar-refractivity contribution >= 4 is 17.5 Å². The van der Waals surface area contributed by atoms with Crippen LogP contribution in [0.3, 0.4) is 0 Å². The minimum atomic E-state index is -0.418. The van der Waals surface area contributed by atoms with E-state index in [1.54, 1.807) is 48.3 Å². The number of nitrogens with zero attached hydrogens (tertiary/aromatic N) is 4. The first-order valence-corrected chi connectivity index (χ1v) is 8.58. The van der Waals surface area contributed by atoms with E-state index in [9.17, 15) is 9.59 Å². The highest BCUT2D eigenvalue weighted by Crippen LogP contribution is 2.36. The van der Waals surface area contributed by atoms with E-state index in [0.717, 1.165) is 0 Å². The van der Waals surface area contributed by atoms with E-state index < -0.39 is 5.66 Å². The summed E-state index contributed by atoms with van der Waals surface area (Å²) in [5.74, 6) is 2.02. The normalized spacial score (nSPS) is 13.6. The molecule has 1 aromatic heterocycles. The van der Waals surface area contributed by atoms with Crippen LogP contribution in [0.5, 0.6) is 0 Å². The van der Waals surface area contributed by atoms with Crippen molar-refractivity contribution in [3.63, 3.8) is 0 Å². The summed E-state index contributed by atoms with van der Waals surface area (Å²) < 4.78 is 1.55. The van der Waals surface area contributed by atoms with Crippen molar-refractivity contribution in [3.05, 3.63) is 47.8 Å². The van der Waals surface area contributed by atoms with E-state index in [0.29, 0.717) is 42.8 Å². The molecule has 0 saturated carbocycles. The molecule has 3 rings (SSSR count). The lowest BCUT2D eigenvalue weighted by molar-refractivity contribution is 0.0950. The van der Waals surface area contributed by atoms with Gasteiger partial charge in [-0.15, -0.1) is 12.3 Å². The van der Waals surface area contributed by atoms with Gasteiger partial charge >= 0.3 is 0 Å². The van der Waals surface area contributed by atoms with Crippen molar-refractivity contribution in [2.24, 2.45) is 17.3 Å². The van der Waals surface area contributed by atoms with Crippen LogP contribution >= 0.6 is 0 Å². The smallest absolute Gasteiger partial charge is 0.276 e. The first-order valence-electron chi connectivity index (χ1n) is 8.58. The minimum Gasteiger partial charge on any atom is -0.352 e. The molecule has 2 amide bonds. The number of aryl methyl sites for hydroxylation is 1. The van der Waals surface area contributed by atoms with Gasteiger partial charge in [0.2, 0.25) is 0 Å². The summed E-state index contributed by atoms with van der Waals surface area (Å²) in [6, 6.07) is 8.36. The van der Waals surface area contributed by atoms with Crippen LogP contribution in [0.25, 0.3) is 0 Å². The lowest BCUT2D eigenvalue weighted by atomic mass is 10.0. The third-order valence-electron chi connectivity index (χ3n) is 4.19. The molecule has 2 aromatic rings. The maximum atomic E-state index is 12.3. The van der Waals surface area contributed by atoms with Crippen molar-refractivity contribution in [1.29, 1.82) is 0 Å². The average molecular weight is 364 g/mol. The molecule has 27 heavy (non-hydrogen) atoms. The molecule has 8 heteroatoms. The van der Waals surface area contributed by atoms with Crippen LogP contribution in [0.4, 0.5) is 5.69 Å². The topological polar surface area (TPSA) is 101 Å². The monoisotopic (exact) mass is 364 g/mol. The Labute approximate surface area is 157 Å². The van der Waals surface area contributed by atoms with Gasteiger partial charge in [0.15, 0.2) is 11.4 Å².